The van der Waals surface area contributed by atoms with Crippen LogP contribution in [-0.4, -0.2) is 34.2 Å². The fourth-order valence-corrected chi connectivity index (χ4v) is 2.61. The number of anilines is 1. The number of benzene rings is 1. The molecule has 0 heterocycles. The summed E-state index contributed by atoms with van der Waals surface area (Å²) in [5.41, 5.74) is 0.635. The highest BCUT2D eigenvalue weighted by Gasteiger charge is 2.18. The number of methoxy groups -OCH3 is 1. The largest absolute Gasteiger partial charge is 0.469 e. The fraction of sp³-hybridized carbons (Fsp3) is 0.385. The summed E-state index contributed by atoms with van der Waals surface area (Å²) in [5.74, 6) is -0.921. The van der Waals surface area contributed by atoms with Crippen LogP contribution in [0.4, 0.5) is 5.69 Å². The van der Waals surface area contributed by atoms with E-state index in [2.05, 4.69) is 26.0 Å². The van der Waals surface area contributed by atoms with Crippen molar-refractivity contribution in [2.45, 2.75) is 18.6 Å². The highest BCUT2D eigenvalue weighted by Crippen LogP contribution is 2.14. The maximum Gasteiger partial charge on any atom is 0.306 e. The first-order valence-corrected chi connectivity index (χ1v) is 8.09. The lowest BCUT2D eigenvalue weighted by Crippen LogP contribution is -2.26. The second-order valence-electron chi connectivity index (χ2n) is 4.17. The van der Waals surface area contributed by atoms with E-state index in [0.29, 0.717) is 5.69 Å². The summed E-state index contributed by atoms with van der Waals surface area (Å²) in [6.45, 7) is 1.65. The topological polar surface area (TPSA) is 72.5 Å². The van der Waals surface area contributed by atoms with Crippen molar-refractivity contribution in [2.75, 3.05) is 18.2 Å². The van der Waals surface area contributed by atoms with Crippen molar-refractivity contribution < 1.29 is 18.5 Å². The zero-order valence-corrected chi connectivity index (χ0v) is 13.6. The van der Waals surface area contributed by atoms with Crippen LogP contribution in [0.25, 0.3) is 0 Å². The second kappa shape index (κ2) is 8.16. The van der Waals surface area contributed by atoms with Crippen LogP contribution in [0.5, 0.6) is 0 Å². The summed E-state index contributed by atoms with van der Waals surface area (Å²) in [4.78, 5) is 22.8. The van der Waals surface area contributed by atoms with E-state index < -0.39 is 22.0 Å². The Balaban J connectivity index is 2.47. The molecule has 0 aliphatic heterocycles. The molecule has 1 amide bonds. The molecule has 1 aromatic rings. The Kier molecular flexibility index (Phi) is 6.87. The van der Waals surface area contributed by atoms with Crippen LogP contribution in [0.15, 0.2) is 28.7 Å². The van der Waals surface area contributed by atoms with E-state index in [9.17, 15) is 13.8 Å². The summed E-state index contributed by atoms with van der Waals surface area (Å²) < 4.78 is 17.3. The first kappa shape index (κ1) is 16.8. The highest BCUT2D eigenvalue weighted by molar-refractivity contribution is 9.10. The SMILES string of the molecule is COC(=O)CC(C)S(=O)CC(=O)Nc1ccc(Br)cc1. The lowest BCUT2D eigenvalue weighted by atomic mass is 10.3. The number of halogens is 1. The van der Waals surface area contributed by atoms with Crippen molar-refractivity contribution in [1.29, 1.82) is 0 Å². The minimum Gasteiger partial charge on any atom is -0.469 e. The standard InChI is InChI=1S/C13H16BrNO4S/c1-9(7-13(17)19-2)20(18)8-12(16)15-11-5-3-10(14)4-6-11/h3-6,9H,7-8H2,1-2H3,(H,15,16). The molecule has 20 heavy (non-hydrogen) atoms. The number of ether oxygens (including phenoxy) is 1. The third kappa shape index (κ3) is 5.83. The zero-order valence-electron chi connectivity index (χ0n) is 11.2. The van der Waals surface area contributed by atoms with Crippen LogP contribution in [0.2, 0.25) is 0 Å². The van der Waals surface area contributed by atoms with Gasteiger partial charge in [0.15, 0.2) is 0 Å². The van der Waals surface area contributed by atoms with Crippen LogP contribution in [-0.2, 0) is 25.1 Å². The Bertz CT molecular complexity index is 504. The molecular formula is C13H16BrNO4S. The van der Waals surface area contributed by atoms with Crippen LogP contribution in [0.3, 0.4) is 0 Å². The van der Waals surface area contributed by atoms with E-state index in [1.54, 1.807) is 31.2 Å². The average molecular weight is 362 g/mol. The molecule has 110 valence electrons. The average Bonchev–Trinajstić information content (AvgIpc) is 2.41. The Labute approximate surface area is 128 Å². The van der Waals surface area contributed by atoms with Crippen LogP contribution in [0, 0.1) is 0 Å². The highest BCUT2D eigenvalue weighted by atomic mass is 79.9. The summed E-state index contributed by atoms with van der Waals surface area (Å²) in [6, 6.07) is 7.07. The second-order valence-corrected chi connectivity index (χ2v) is 6.94. The van der Waals surface area contributed by atoms with Crippen molar-refractivity contribution in [3.63, 3.8) is 0 Å². The number of amides is 1. The smallest absolute Gasteiger partial charge is 0.306 e. The van der Waals surface area contributed by atoms with E-state index in [4.69, 9.17) is 0 Å². The van der Waals surface area contributed by atoms with Crippen LogP contribution in [0.1, 0.15) is 13.3 Å². The summed E-state index contributed by atoms with van der Waals surface area (Å²) in [7, 11) is -0.141. The van der Waals surface area contributed by atoms with Crippen LogP contribution >= 0.6 is 15.9 Å². The van der Waals surface area contributed by atoms with Gasteiger partial charge < -0.3 is 10.1 Å². The van der Waals surface area contributed by atoms with Crippen molar-refractivity contribution in [1.82, 2.24) is 0 Å². The molecule has 5 nitrogen and oxygen atoms in total. The van der Waals surface area contributed by atoms with Crippen molar-refractivity contribution in [3.05, 3.63) is 28.7 Å². The monoisotopic (exact) mass is 361 g/mol. The zero-order chi connectivity index (χ0) is 15.1. The van der Waals surface area contributed by atoms with Gasteiger partial charge in [0.25, 0.3) is 0 Å². The molecule has 0 saturated carbocycles. The predicted molar refractivity (Wildman–Crippen MR) is 81.9 cm³/mol. The normalized spacial score (nSPS) is 13.3. The van der Waals surface area contributed by atoms with E-state index >= 15 is 0 Å². The van der Waals surface area contributed by atoms with Gasteiger partial charge in [0.05, 0.1) is 13.5 Å². The van der Waals surface area contributed by atoms with E-state index in [1.807, 2.05) is 0 Å². The van der Waals surface area contributed by atoms with Gasteiger partial charge in [0.1, 0.15) is 5.75 Å². The predicted octanol–water partition coefficient (Wildman–Crippen LogP) is 2.09. The molecule has 1 aromatic carbocycles. The minimum absolute atomic E-state index is 0.0364. The molecule has 0 bridgehead atoms. The van der Waals surface area contributed by atoms with E-state index in [1.165, 1.54) is 7.11 Å². The molecular weight excluding hydrogens is 346 g/mol. The first-order valence-electron chi connectivity index (χ1n) is 5.91. The van der Waals surface area contributed by atoms with Gasteiger partial charge >= 0.3 is 5.97 Å². The minimum atomic E-state index is -1.42. The maximum atomic E-state index is 11.9. The number of nitrogens with one attached hydrogen (secondary N) is 1. The lowest BCUT2D eigenvalue weighted by molar-refractivity contribution is -0.140. The number of rotatable bonds is 6. The molecule has 0 aromatic heterocycles. The summed E-state index contributed by atoms with van der Waals surface area (Å²) in [6.07, 6.45) is 0.0364. The number of hydrogen-bond donors (Lipinski definition) is 1. The number of hydrogen-bond acceptors (Lipinski definition) is 4. The molecule has 7 heteroatoms. The number of carbonyl (C=O) groups is 2. The molecule has 2 atom stereocenters. The molecule has 1 N–H and O–H groups in total. The third-order valence-electron chi connectivity index (χ3n) is 2.53. The molecule has 1 rings (SSSR count). The molecule has 0 fully saturated rings. The first-order chi connectivity index (χ1) is 9.42. The summed E-state index contributed by atoms with van der Waals surface area (Å²) in [5, 5.41) is 2.23. The molecule has 2 unspecified atom stereocenters. The van der Waals surface area contributed by atoms with Gasteiger partial charge in [-0.25, -0.2) is 0 Å². The fourth-order valence-electron chi connectivity index (χ4n) is 1.41. The van der Waals surface area contributed by atoms with Crippen molar-refractivity contribution >= 4 is 44.3 Å². The molecule has 0 aliphatic rings. The van der Waals surface area contributed by atoms with Crippen molar-refractivity contribution in [2.24, 2.45) is 0 Å². The van der Waals surface area contributed by atoms with Crippen LogP contribution < -0.4 is 5.32 Å². The molecule has 0 aliphatic carbocycles. The van der Waals surface area contributed by atoms with Gasteiger partial charge in [0.2, 0.25) is 5.91 Å². The Morgan fingerprint density at radius 2 is 1.95 bits per heavy atom. The Morgan fingerprint density at radius 1 is 1.35 bits per heavy atom. The quantitative estimate of drug-likeness (QED) is 0.787. The van der Waals surface area contributed by atoms with Gasteiger partial charge in [0, 0.05) is 26.2 Å². The molecule has 0 saturated heterocycles. The number of carbonyl (C=O) groups excluding carboxylic acids is 2. The third-order valence-corrected chi connectivity index (χ3v) is 4.67. The molecule has 0 spiro atoms. The number of esters is 1. The van der Waals surface area contributed by atoms with Gasteiger partial charge in [-0.15, -0.1) is 0 Å². The van der Waals surface area contributed by atoms with Gasteiger partial charge in [-0.05, 0) is 24.3 Å². The lowest BCUT2D eigenvalue weighted by Gasteiger charge is -2.10. The van der Waals surface area contributed by atoms with Gasteiger partial charge in [-0.1, -0.05) is 22.9 Å². The van der Waals surface area contributed by atoms with Gasteiger partial charge in [-0.3, -0.25) is 13.8 Å². The Morgan fingerprint density at radius 3 is 2.50 bits per heavy atom. The van der Waals surface area contributed by atoms with Gasteiger partial charge in [-0.2, -0.15) is 0 Å². The van der Waals surface area contributed by atoms with E-state index in [-0.39, 0.29) is 18.1 Å². The summed E-state index contributed by atoms with van der Waals surface area (Å²) >= 11 is 3.30. The maximum absolute atomic E-state index is 11.9. The van der Waals surface area contributed by atoms with Crippen molar-refractivity contribution in [3.8, 4) is 0 Å². The van der Waals surface area contributed by atoms with E-state index in [0.717, 1.165) is 4.47 Å². The molecule has 0 radical (unpaired) electrons. The Hall–Kier alpha value is -1.21.